The molecule has 60 heavy (non-hydrogen) atoms. The number of hydrogen-bond acceptors (Lipinski definition) is 14. The number of primary amides is 1. The molecule has 0 radical (unpaired) electrons. The Balaban J connectivity index is 5.65. The third-order valence-electron chi connectivity index (χ3n) is 8.69. The van der Waals surface area contributed by atoms with Crippen molar-refractivity contribution >= 4 is 65.1 Å². The maximum Gasteiger partial charge on any atom is 0.326 e. The second kappa shape index (κ2) is 26.2. The Morgan fingerprint density at radius 3 is 1.48 bits per heavy atom. The number of aliphatic hydroxyl groups is 2. The summed E-state index contributed by atoms with van der Waals surface area (Å²) in [6.07, 6.45) is -4.21. The van der Waals surface area contributed by atoms with Crippen molar-refractivity contribution in [1.82, 2.24) is 42.5 Å². The number of nitrogens with two attached hydrogens (primary N) is 2. The van der Waals surface area contributed by atoms with E-state index in [0.29, 0.717) is 6.42 Å². The zero-order valence-corrected chi connectivity index (χ0v) is 34.5. The number of carbonyl (C=O) groups is 11. The smallest absolute Gasteiger partial charge is 0.326 e. The molecule has 0 aromatic rings. The fraction of sp³-hybridized carbons (Fsp3) is 0.686. The zero-order chi connectivity index (χ0) is 46.6. The van der Waals surface area contributed by atoms with E-state index in [4.69, 9.17) is 11.5 Å². The van der Waals surface area contributed by atoms with E-state index in [-0.39, 0.29) is 12.3 Å². The van der Waals surface area contributed by atoms with Crippen molar-refractivity contribution in [3.05, 3.63) is 0 Å². The molecule has 0 saturated carbocycles. The summed E-state index contributed by atoms with van der Waals surface area (Å²) in [6.45, 7) is 8.75. The Labute approximate surface area is 345 Å². The average molecular weight is 861 g/mol. The molecule has 0 rings (SSSR count). The largest absolute Gasteiger partial charge is 0.481 e. The van der Waals surface area contributed by atoms with E-state index < -0.39 is 151 Å². The van der Waals surface area contributed by atoms with Crippen molar-refractivity contribution in [2.24, 2.45) is 23.3 Å². The van der Waals surface area contributed by atoms with Gasteiger partial charge in [-0.15, -0.1) is 0 Å². The van der Waals surface area contributed by atoms with Crippen LogP contribution in [0.15, 0.2) is 0 Å². The number of amides is 9. The first-order chi connectivity index (χ1) is 27.7. The molecule has 0 aliphatic carbocycles. The minimum Gasteiger partial charge on any atom is -0.481 e. The molecule has 0 aliphatic heterocycles. The van der Waals surface area contributed by atoms with Gasteiger partial charge in [0.05, 0.1) is 38.1 Å². The lowest BCUT2D eigenvalue weighted by atomic mass is 9.99. The number of aliphatic carboxylic acids is 2. The van der Waals surface area contributed by atoms with Crippen LogP contribution in [0.1, 0.15) is 74.1 Å². The lowest BCUT2D eigenvalue weighted by Gasteiger charge is -2.26. The molecular formula is C35H60N10O15. The monoisotopic (exact) mass is 860 g/mol. The molecular weight excluding hydrogens is 800 g/mol. The van der Waals surface area contributed by atoms with Crippen LogP contribution in [0.2, 0.25) is 0 Å². The Hall–Kier alpha value is -5.95. The van der Waals surface area contributed by atoms with Gasteiger partial charge in [0.25, 0.3) is 0 Å². The number of carboxylic acids is 2. The second-order valence-electron chi connectivity index (χ2n) is 14.6. The van der Waals surface area contributed by atoms with Crippen LogP contribution < -0.4 is 54.0 Å². The molecule has 9 amide bonds. The van der Waals surface area contributed by atoms with Crippen LogP contribution in [0, 0.1) is 11.8 Å². The lowest BCUT2D eigenvalue weighted by molar-refractivity contribution is -0.143. The van der Waals surface area contributed by atoms with Crippen molar-refractivity contribution in [2.45, 2.75) is 129 Å². The molecule has 340 valence electrons. The summed E-state index contributed by atoms with van der Waals surface area (Å²) in [7, 11) is 0. The van der Waals surface area contributed by atoms with Gasteiger partial charge < -0.3 is 74.4 Å². The summed E-state index contributed by atoms with van der Waals surface area (Å²) in [5.74, 6) is -12.9. The van der Waals surface area contributed by atoms with Crippen molar-refractivity contribution in [3.63, 3.8) is 0 Å². The van der Waals surface area contributed by atoms with Crippen LogP contribution in [0.3, 0.4) is 0 Å². The lowest BCUT2D eigenvalue weighted by Crippen LogP contribution is -2.60. The summed E-state index contributed by atoms with van der Waals surface area (Å²) < 4.78 is 0. The number of nitrogens with one attached hydrogen (secondary N) is 8. The zero-order valence-electron chi connectivity index (χ0n) is 34.5. The first-order valence-electron chi connectivity index (χ1n) is 18.9. The molecule has 0 bridgehead atoms. The predicted molar refractivity (Wildman–Crippen MR) is 207 cm³/mol. The first-order valence-corrected chi connectivity index (χ1v) is 18.9. The number of carbonyl (C=O) groups excluding carboxylic acids is 9. The van der Waals surface area contributed by atoms with Crippen molar-refractivity contribution < 1.29 is 73.2 Å². The Morgan fingerprint density at radius 1 is 0.550 bits per heavy atom. The molecule has 0 spiro atoms. The first kappa shape index (κ1) is 54.0. The summed E-state index contributed by atoms with van der Waals surface area (Å²) in [5, 5.41) is 56.1. The quantitative estimate of drug-likeness (QED) is 0.0365. The van der Waals surface area contributed by atoms with Gasteiger partial charge in [-0.2, -0.15) is 0 Å². The molecule has 0 fully saturated rings. The normalized spacial score (nSPS) is 16.0. The summed E-state index contributed by atoms with van der Waals surface area (Å²) in [5.41, 5.74) is 10.8. The number of aliphatic hydroxyl groups excluding tert-OH is 2. The topological polar surface area (TPSA) is 417 Å². The molecule has 0 saturated heterocycles. The SMILES string of the molecule is CC[C@H](C)[C@H](NC(=O)CNC(=O)[C@H](CC(N)=O)NC(=O)[C@H](CC(=O)O)NC(=O)[C@H](C)NC(=O)CNC(=O)[C@H](CC(C)C)NC(=O)[C@@H](NC(=O)[C@@H](N)[C@@H](C)O)[C@@H](C)O)C(=O)O. The van der Waals surface area contributed by atoms with Gasteiger partial charge in [0.15, 0.2) is 0 Å². The van der Waals surface area contributed by atoms with Crippen LogP contribution in [0.25, 0.3) is 0 Å². The predicted octanol–water partition coefficient (Wildman–Crippen LogP) is -6.24. The molecule has 25 heteroatoms. The minimum atomic E-state index is -1.90. The molecule has 25 nitrogen and oxygen atoms in total. The highest BCUT2D eigenvalue weighted by Crippen LogP contribution is 2.09. The van der Waals surface area contributed by atoms with Crippen LogP contribution in [0.5, 0.6) is 0 Å². The van der Waals surface area contributed by atoms with Gasteiger partial charge in [-0.1, -0.05) is 34.1 Å². The van der Waals surface area contributed by atoms with Crippen molar-refractivity contribution in [3.8, 4) is 0 Å². The molecule has 0 aromatic heterocycles. The highest BCUT2D eigenvalue weighted by atomic mass is 16.4. The van der Waals surface area contributed by atoms with E-state index in [1.54, 1.807) is 27.7 Å². The van der Waals surface area contributed by atoms with Crippen LogP contribution in [-0.4, -0.2) is 153 Å². The second-order valence-corrected chi connectivity index (χ2v) is 14.6. The van der Waals surface area contributed by atoms with Gasteiger partial charge in [-0.05, 0) is 39.0 Å². The van der Waals surface area contributed by atoms with Gasteiger partial charge in [-0.25, -0.2) is 4.79 Å². The maximum absolute atomic E-state index is 13.1. The van der Waals surface area contributed by atoms with E-state index in [9.17, 15) is 73.2 Å². The Morgan fingerprint density at radius 2 is 1.03 bits per heavy atom. The third-order valence-corrected chi connectivity index (χ3v) is 8.69. The molecule has 16 N–H and O–H groups in total. The molecule has 0 aromatic carbocycles. The maximum atomic E-state index is 13.1. The van der Waals surface area contributed by atoms with E-state index in [1.807, 2.05) is 0 Å². The van der Waals surface area contributed by atoms with Crippen molar-refractivity contribution in [2.75, 3.05) is 13.1 Å². The Bertz CT molecular complexity index is 1570. The molecule has 10 atom stereocenters. The van der Waals surface area contributed by atoms with Crippen LogP contribution in [-0.2, 0) is 52.7 Å². The molecule has 0 aliphatic rings. The summed E-state index contributed by atoms with van der Waals surface area (Å²) in [4.78, 5) is 137. The number of carboxylic acid groups (broad SMARTS) is 2. The molecule has 0 heterocycles. The highest BCUT2D eigenvalue weighted by molar-refractivity contribution is 5.98. The van der Waals surface area contributed by atoms with Crippen LogP contribution >= 0.6 is 0 Å². The highest BCUT2D eigenvalue weighted by Gasteiger charge is 2.34. The van der Waals surface area contributed by atoms with E-state index >= 15 is 0 Å². The van der Waals surface area contributed by atoms with E-state index in [0.717, 1.165) is 6.92 Å². The summed E-state index contributed by atoms with van der Waals surface area (Å²) >= 11 is 0. The average Bonchev–Trinajstić information content (AvgIpc) is 3.14. The fourth-order valence-electron chi connectivity index (χ4n) is 5.05. The summed E-state index contributed by atoms with van der Waals surface area (Å²) in [6, 6.07) is -10.7. The number of rotatable bonds is 27. The van der Waals surface area contributed by atoms with E-state index in [1.165, 1.54) is 13.8 Å². The fourth-order valence-corrected chi connectivity index (χ4v) is 5.05. The third kappa shape index (κ3) is 20.1. The van der Waals surface area contributed by atoms with Crippen molar-refractivity contribution in [1.29, 1.82) is 0 Å². The van der Waals surface area contributed by atoms with Gasteiger partial charge in [0.2, 0.25) is 53.2 Å². The van der Waals surface area contributed by atoms with Gasteiger partial charge in [-0.3, -0.25) is 47.9 Å². The minimum absolute atomic E-state index is 0.0293. The molecule has 0 unspecified atom stereocenters. The van der Waals surface area contributed by atoms with Gasteiger partial charge >= 0.3 is 11.9 Å². The standard InChI is InChI=1S/C35H60N10O15/c1-8-15(4)27(35(59)60)44-24(50)13-39-31(55)20(10-22(36)48)42-32(56)21(11-25(51)52)41-29(53)16(5)40-23(49)12-38-30(54)19(9-14(2)3)43-34(58)28(18(7)47)45-33(57)26(37)17(6)46/h14-21,26-28,46-47H,8-13,37H2,1-7H3,(H2,36,48)(H,38,54)(H,39,55)(H,40,49)(H,41,53)(H,42,56)(H,43,58)(H,44,50)(H,45,57)(H,51,52)(H,59,60)/t15-,16-,17+,18+,19-,20-,21-,26-,27-,28-/m0/s1. The van der Waals surface area contributed by atoms with Gasteiger partial charge in [0.1, 0.15) is 42.3 Å². The van der Waals surface area contributed by atoms with E-state index in [2.05, 4.69) is 42.5 Å². The Kier molecular flexibility index (Phi) is 23.6. The number of hydrogen-bond donors (Lipinski definition) is 14. The van der Waals surface area contributed by atoms with Gasteiger partial charge in [0, 0.05) is 0 Å². The van der Waals surface area contributed by atoms with Crippen LogP contribution in [0.4, 0.5) is 0 Å².